The van der Waals surface area contributed by atoms with Gasteiger partial charge in [0.15, 0.2) is 5.58 Å². The number of nitrogens with zero attached hydrogens (tertiary/aromatic N) is 1. The molecule has 0 saturated carbocycles. The second-order valence-corrected chi connectivity index (χ2v) is 7.18. The van der Waals surface area contributed by atoms with E-state index in [1.54, 1.807) is 18.6 Å². The fraction of sp³-hybridized carbons (Fsp3) is 0.278. The Morgan fingerprint density at radius 2 is 2.12 bits per heavy atom. The van der Waals surface area contributed by atoms with Gasteiger partial charge in [0.05, 0.1) is 10.2 Å². The Labute approximate surface area is 154 Å². The van der Waals surface area contributed by atoms with Crippen molar-refractivity contribution in [2.75, 3.05) is 7.05 Å². The summed E-state index contributed by atoms with van der Waals surface area (Å²) in [5.74, 6) is -0.827. The van der Waals surface area contributed by atoms with Crippen LogP contribution in [0.4, 0.5) is 0 Å². The maximum Gasteiger partial charge on any atom is 0.320 e. The second-order valence-electron chi connectivity index (χ2n) is 5.68. The quantitative estimate of drug-likeness (QED) is 0.653. The third-order valence-corrected chi connectivity index (χ3v) is 5.32. The van der Waals surface area contributed by atoms with E-state index in [1.807, 2.05) is 42.5 Å². The van der Waals surface area contributed by atoms with Crippen LogP contribution in [0, 0.1) is 0 Å². The van der Waals surface area contributed by atoms with E-state index in [0.717, 1.165) is 27.8 Å². The van der Waals surface area contributed by atoms with Crippen LogP contribution in [-0.4, -0.2) is 28.1 Å². The monoisotopic (exact) mass is 378 g/mol. The summed E-state index contributed by atoms with van der Waals surface area (Å²) in [5, 5.41) is 12.6. The van der Waals surface area contributed by atoms with Gasteiger partial charge in [-0.3, -0.25) is 8.75 Å². The number of aromatic nitrogens is 1. The minimum atomic E-state index is -0.827. The first-order valence-corrected chi connectivity index (χ1v) is 9.15. The lowest BCUT2D eigenvalue weighted by Gasteiger charge is -2.11. The van der Waals surface area contributed by atoms with Crippen molar-refractivity contribution in [2.24, 2.45) is 0 Å². The van der Waals surface area contributed by atoms with Crippen LogP contribution >= 0.6 is 23.1 Å². The number of carboxylic acids is 1. The molecule has 1 unspecified atom stereocenters. The van der Waals surface area contributed by atoms with Gasteiger partial charge in [-0.05, 0) is 50.2 Å². The molecule has 0 fully saturated rings. The lowest BCUT2D eigenvalue weighted by Crippen LogP contribution is -2.33. The van der Waals surface area contributed by atoms with Gasteiger partial charge in [0.2, 0.25) is 0 Å². The van der Waals surface area contributed by atoms with Crippen molar-refractivity contribution in [3.63, 3.8) is 0 Å². The number of carbonyl (C=O) groups is 1. The van der Waals surface area contributed by atoms with Crippen molar-refractivity contribution >= 4 is 50.5 Å². The number of para-hydroxylation sites is 2. The third kappa shape index (κ3) is 4.15. The molecule has 1 aromatic heterocycles. The second kappa shape index (κ2) is 7.91. The van der Waals surface area contributed by atoms with Gasteiger partial charge in [-0.1, -0.05) is 35.3 Å². The maximum absolute atomic E-state index is 11.2. The number of hydrogen-bond acceptors (Lipinski definition) is 4. The SMILES string of the molecule is CNC(CCCn1sc2cc(Cl)ccc2oc2ccccc21)C(=O)O. The molecule has 0 amide bonds. The standard InChI is InChI=1S/C18H19ClN2O3S/c1-20-13(18(22)23)5-4-10-21-14-6-2-3-7-15(14)24-16-9-8-12(19)11-17(16)25-21/h2-3,6-9,11,13,20H,4-5,10H2,1H3,(H,22,23). The molecule has 0 radical (unpaired) electrons. The number of carboxylic acid groups (broad SMARTS) is 1. The molecular weight excluding hydrogens is 360 g/mol. The fourth-order valence-electron chi connectivity index (χ4n) is 2.67. The average Bonchev–Trinajstić information content (AvgIpc) is 2.74. The van der Waals surface area contributed by atoms with Crippen LogP contribution in [0.1, 0.15) is 12.8 Å². The Balaban J connectivity index is 2.01. The summed E-state index contributed by atoms with van der Waals surface area (Å²) >= 11 is 7.69. The van der Waals surface area contributed by atoms with Gasteiger partial charge in [-0.25, -0.2) is 0 Å². The van der Waals surface area contributed by atoms with E-state index >= 15 is 0 Å². The van der Waals surface area contributed by atoms with Crippen molar-refractivity contribution in [3.05, 3.63) is 47.5 Å². The smallest absolute Gasteiger partial charge is 0.320 e. The van der Waals surface area contributed by atoms with Gasteiger partial charge in [0.25, 0.3) is 0 Å². The zero-order valence-electron chi connectivity index (χ0n) is 13.7. The number of hydrogen-bond donors (Lipinski definition) is 2. The van der Waals surface area contributed by atoms with Gasteiger partial charge in [-0.2, -0.15) is 0 Å². The van der Waals surface area contributed by atoms with E-state index < -0.39 is 12.0 Å². The number of nitrogens with one attached hydrogen (secondary N) is 1. The van der Waals surface area contributed by atoms with E-state index in [9.17, 15) is 4.79 Å². The molecule has 3 aromatic rings. The minimum absolute atomic E-state index is 0.537. The number of halogens is 1. The molecule has 2 aromatic carbocycles. The molecule has 1 heterocycles. The van der Waals surface area contributed by atoms with E-state index in [4.69, 9.17) is 21.1 Å². The summed E-state index contributed by atoms with van der Waals surface area (Å²) in [6, 6.07) is 12.9. The highest BCUT2D eigenvalue weighted by Gasteiger charge is 2.14. The third-order valence-electron chi connectivity index (χ3n) is 3.97. The molecule has 0 bridgehead atoms. The molecule has 0 aliphatic rings. The van der Waals surface area contributed by atoms with Gasteiger partial charge in [0, 0.05) is 11.6 Å². The Morgan fingerprint density at radius 1 is 1.32 bits per heavy atom. The first-order chi connectivity index (χ1) is 12.1. The lowest BCUT2D eigenvalue weighted by molar-refractivity contribution is -0.139. The molecule has 0 saturated heterocycles. The zero-order chi connectivity index (χ0) is 17.8. The van der Waals surface area contributed by atoms with Crippen molar-refractivity contribution in [1.29, 1.82) is 0 Å². The molecule has 132 valence electrons. The molecular formula is C18H19ClN2O3S. The number of rotatable bonds is 6. The molecule has 7 heteroatoms. The van der Waals surface area contributed by atoms with Crippen LogP contribution in [0.25, 0.3) is 21.4 Å². The van der Waals surface area contributed by atoms with E-state index in [1.165, 1.54) is 0 Å². The molecule has 0 spiro atoms. The summed E-state index contributed by atoms with van der Waals surface area (Å²) in [5.41, 5.74) is 2.51. The predicted octanol–water partition coefficient (Wildman–Crippen LogP) is 4.68. The van der Waals surface area contributed by atoms with Gasteiger partial charge in [-0.15, -0.1) is 0 Å². The largest absolute Gasteiger partial charge is 0.480 e. The van der Waals surface area contributed by atoms with Crippen molar-refractivity contribution in [2.45, 2.75) is 25.4 Å². The van der Waals surface area contributed by atoms with Crippen LogP contribution in [0.2, 0.25) is 5.02 Å². The van der Waals surface area contributed by atoms with Crippen molar-refractivity contribution in [3.8, 4) is 0 Å². The highest BCUT2D eigenvalue weighted by atomic mass is 35.5. The first kappa shape index (κ1) is 17.8. The van der Waals surface area contributed by atoms with Crippen molar-refractivity contribution < 1.29 is 14.3 Å². The molecule has 1 atom stereocenters. The van der Waals surface area contributed by atoms with Crippen LogP contribution in [0.3, 0.4) is 0 Å². The van der Waals surface area contributed by atoms with Gasteiger partial charge < -0.3 is 14.8 Å². The number of likely N-dealkylation sites (N-methyl/N-ethyl adjacent to an activating group) is 1. The predicted molar refractivity (Wildman–Crippen MR) is 102 cm³/mol. The van der Waals surface area contributed by atoms with Gasteiger partial charge >= 0.3 is 5.97 Å². The summed E-state index contributed by atoms with van der Waals surface area (Å²) in [6.07, 6.45) is 1.28. The molecule has 5 nitrogen and oxygen atoms in total. The van der Waals surface area contributed by atoms with Crippen LogP contribution in [0.15, 0.2) is 46.9 Å². The Morgan fingerprint density at radius 3 is 2.88 bits per heavy atom. The summed E-state index contributed by atoms with van der Waals surface area (Å²) in [7, 11) is 1.67. The number of aryl methyl sites for hydroxylation is 1. The van der Waals surface area contributed by atoms with Gasteiger partial charge in [0.1, 0.15) is 11.6 Å². The summed E-state index contributed by atoms with van der Waals surface area (Å²) in [4.78, 5) is 11.2. The fourth-order valence-corrected chi connectivity index (χ4v) is 3.99. The van der Waals surface area contributed by atoms with Crippen LogP contribution in [-0.2, 0) is 11.3 Å². The Kier molecular flexibility index (Phi) is 5.63. The number of benzene rings is 2. The maximum atomic E-state index is 11.2. The van der Waals surface area contributed by atoms with E-state index in [-0.39, 0.29) is 0 Å². The Hall–Kier alpha value is -2.02. The first-order valence-electron chi connectivity index (χ1n) is 8.00. The average molecular weight is 379 g/mol. The number of aliphatic carboxylic acids is 1. The summed E-state index contributed by atoms with van der Waals surface area (Å²) in [6.45, 7) is 0.697. The highest BCUT2D eigenvalue weighted by molar-refractivity contribution is 7.13. The topological polar surface area (TPSA) is 67.4 Å². The molecule has 2 N–H and O–H groups in total. The molecule has 0 aliphatic carbocycles. The van der Waals surface area contributed by atoms with E-state index in [2.05, 4.69) is 9.27 Å². The molecule has 25 heavy (non-hydrogen) atoms. The highest BCUT2D eigenvalue weighted by Crippen LogP contribution is 2.27. The molecule has 0 aliphatic heterocycles. The van der Waals surface area contributed by atoms with Crippen LogP contribution in [0.5, 0.6) is 0 Å². The normalized spacial score (nSPS) is 12.4. The summed E-state index contributed by atoms with van der Waals surface area (Å²) < 4.78 is 9.12. The zero-order valence-corrected chi connectivity index (χ0v) is 15.3. The lowest BCUT2D eigenvalue weighted by atomic mass is 10.1. The van der Waals surface area contributed by atoms with Crippen molar-refractivity contribution in [1.82, 2.24) is 9.27 Å². The number of fused-ring (bicyclic) bond motifs is 2. The molecule has 3 rings (SSSR count). The van der Waals surface area contributed by atoms with E-state index in [0.29, 0.717) is 18.0 Å². The minimum Gasteiger partial charge on any atom is -0.480 e. The Bertz CT molecular complexity index is 942. The van der Waals surface area contributed by atoms with Crippen LogP contribution < -0.4 is 5.32 Å².